The molecular formula is C20H20O4. The fourth-order valence-corrected chi connectivity index (χ4v) is 2.79. The van der Waals surface area contributed by atoms with Gasteiger partial charge < -0.3 is 14.6 Å². The van der Waals surface area contributed by atoms with Crippen molar-refractivity contribution in [2.75, 3.05) is 6.61 Å². The number of ether oxygens (including phenoxy) is 2. The van der Waals surface area contributed by atoms with Crippen molar-refractivity contribution in [2.24, 2.45) is 0 Å². The first-order chi connectivity index (χ1) is 11.6. The number of hydrogen-bond donors (Lipinski definition) is 1. The van der Waals surface area contributed by atoms with Gasteiger partial charge in [0.1, 0.15) is 23.4 Å². The Kier molecular flexibility index (Phi) is 4.56. The Morgan fingerprint density at radius 1 is 1.38 bits per heavy atom. The van der Waals surface area contributed by atoms with Crippen molar-refractivity contribution >= 4 is 11.9 Å². The average molecular weight is 324 g/mol. The van der Waals surface area contributed by atoms with E-state index in [1.165, 1.54) is 18.2 Å². The minimum atomic E-state index is -0.178. The van der Waals surface area contributed by atoms with Crippen molar-refractivity contribution in [2.45, 2.75) is 26.4 Å². The molecule has 1 heterocycles. The number of carbonyl (C=O) groups is 1. The molecule has 1 N–H and O–H groups in total. The quantitative estimate of drug-likeness (QED) is 0.667. The van der Waals surface area contributed by atoms with E-state index in [4.69, 9.17) is 9.47 Å². The van der Waals surface area contributed by atoms with Gasteiger partial charge >= 0.3 is 0 Å². The third kappa shape index (κ3) is 3.43. The van der Waals surface area contributed by atoms with E-state index in [-0.39, 0.29) is 17.6 Å². The van der Waals surface area contributed by atoms with Gasteiger partial charge in [0, 0.05) is 23.1 Å². The molecule has 4 nitrogen and oxygen atoms in total. The molecule has 1 atom stereocenters. The van der Waals surface area contributed by atoms with Crippen molar-refractivity contribution in [3.05, 3.63) is 59.2 Å². The number of carbonyl (C=O) groups excluding carboxylic acids is 1. The normalized spacial score (nSPS) is 16.0. The van der Waals surface area contributed by atoms with Gasteiger partial charge in [-0.05, 0) is 50.3 Å². The molecule has 0 bridgehead atoms. The van der Waals surface area contributed by atoms with Crippen molar-refractivity contribution in [1.82, 2.24) is 0 Å². The highest BCUT2D eigenvalue weighted by molar-refractivity contribution is 6.07. The molecular weight excluding hydrogens is 304 g/mol. The summed E-state index contributed by atoms with van der Waals surface area (Å²) in [7, 11) is 0. The molecule has 1 aliphatic rings. The van der Waals surface area contributed by atoms with Gasteiger partial charge in [0.15, 0.2) is 5.78 Å². The molecule has 0 spiro atoms. The number of benzene rings is 2. The number of aromatic hydroxyl groups is 1. The summed E-state index contributed by atoms with van der Waals surface area (Å²) in [5.74, 6) is 1.48. The molecule has 2 aromatic carbocycles. The van der Waals surface area contributed by atoms with Crippen LogP contribution in [0.2, 0.25) is 0 Å². The molecule has 0 aromatic heterocycles. The number of allylic oxidation sites excluding steroid dienone is 1. The van der Waals surface area contributed by atoms with E-state index < -0.39 is 0 Å². The lowest BCUT2D eigenvalue weighted by Crippen LogP contribution is -2.05. The topological polar surface area (TPSA) is 55.8 Å². The Labute approximate surface area is 141 Å². The number of ketones is 1. The third-order valence-electron chi connectivity index (χ3n) is 3.87. The van der Waals surface area contributed by atoms with E-state index in [0.717, 1.165) is 29.0 Å². The van der Waals surface area contributed by atoms with Gasteiger partial charge in [0.2, 0.25) is 0 Å². The summed E-state index contributed by atoms with van der Waals surface area (Å²) >= 11 is 0. The number of phenolic OH excluding ortho intramolecular Hbond substituents is 1. The van der Waals surface area contributed by atoms with Gasteiger partial charge in [-0.25, -0.2) is 0 Å². The summed E-state index contributed by atoms with van der Waals surface area (Å²) in [5.41, 5.74) is 2.37. The molecule has 1 aliphatic heterocycles. The summed E-state index contributed by atoms with van der Waals surface area (Å²) in [6.45, 7) is 4.51. The average Bonchev–Trinajstić information content (AvgIpc) is 2.91. The summed E-state index contributed by atoms with van der Waals surface area (Å²) in [5, 5.41) is 9.48. The van der Waals surface area contributed by atoms with E-state index in [0.29, 0.717) is 12.2 Å². The molecule has 2 aromatic rings. The summed E-state index contributed by atoms with van der Waals surface area (Å²) in [4.78, 5) is 12.3. The minimum Gasteiger partial charge on any atom is -0.508 e. The van der Waals surface area contributed by atoms with E-state index in [9.17, 15) is 9.90 Å². The molecule has 0 unspecified atom stereocenters. The maximum atomic E-state index is 12.3. The van der Waals surface area contributed by atoms with Gasteiger partial charge in [0.25, 0.3) is 0 Å². The standard InChI is InChI=1S/C20H20O4/c1-3-23-19-12-16-9-13(2)24-20(16)11-15(19)7-8-18(22)14-5-4-6-17(21)10-14/h4-8,10-13,21H,3,9H2,1-2H3/b8-7+/t13-/m0/s1. The third-order valence-corrected chi connectivity index (χ3v) is 3.87. The fourth-order valence-electron chi connectivity index (χ4n) is 2.79. The summed E-state index contributed by atoms with van der Waals surface area (Å²) in [6, 6.07) is 10.2. The van der Waals surface area contributed by atoms with Crippen molar-refractivity contribution in [3.63, 3.8) is 0 Å². The predicted molar refractivity (Wildman–Crippen MR) is 92.9 cm³/mol. The Bertz CT molecular complexity index is 792. The zero-order valence-corrected chi connectivity index (χ0v) is 13.8. The first kappa shape index (κ1) is 16.1. The summed E-state index contributed by atoms with van der Waals surface area (Å²) in [6.07, 6.45) is 4.23. The van der Waals surface area contributed by atoms with E-state index in [1.807, 2.05) is 26.0 Å². The highest BCUT2D eigenvalue weighted by atomic mass is 16.5. The number of fused-ring (bicyclic) bond motifs is 1. The molecule has 0 amide bonds. The van der Waals surface area contributed by atoms with Crippen LogP contribution in [0.5, 0.6) is 17.2 Å². The lowest BCUT2D eigenvalue weighted by molar-refractivity contribution is 0.104. The van der Waals surface area contributed by atoms with Gasteiger partial charge in [0.05, 0.1) is 6.61 Å². The molecule has 0 saturated heterocycles. The fraction of sp³-hybridized carbons (Fsp3) is 0.250. The zero-order valence-electron chi connectivity index (χ0n) is 13.8. The van der Waals surface area contributed by atoms with Crippen molar-refractivity contribution < 1.29 is 19.4 Å². The Hall–Kier alpha value is -2.75. The lowest BCUT2D eigenvalue weighted by atomic mass is 10.0. The van der Waals surface area contributed by atoms with Crippen LogP contribution < -0.4 is 9.47 Å². The van der Waals surface area contributed by atoms with Crippen molar-refractivity contribution in [3.8, 4) is 17.2 Å². The number of hydrogen-bond acceptors (Lipinski definition) is 4. The Morgan fingerprint density at radius 2 is 2.21 bits per heavy atom. The Morgan fingerprint density at radius 3 is 2.96 bits per heavy atom. The molecule has 24 heavy (non-hydrogen) atoms. The van der Waals surface area contributed by atoms with Crippen molar-refractivity contribution in [1.29, 1.82) is 0 Å². The smallest absolute Gasteiger partial charge is 0.185 e. The van der Waals surface area contributed by atoms with Gasteiger partial charge in [-0.3, -0.25) is 4.79 Å². The van der Waals surface area contributed by atoms with Crippen LogP contribution in [-0.4, -0.2) is 23.6 Å². The molecule has 0 radical (unpaired) electrons. The lowest BCUT2D eigenvalue weighted by Gasteiger charge is -2.10. The molecule has 0 saturated carbocycles. The van der Waals surface area contributed by atoms with Crippen LogP contribution in [0.3, 0.4) is 0 Å². The Balaban J connectivity index is 1.88. The molecule has 0 aliphatic carbocycles. The van der Waals surface area contributed by atoms with Crippen LogP contribution in [0.4, 0.5) is 0 Å². The second kappa shape index (κ2) is 6.79. The van der Waals surface area contributed by atoms with Crippen LogP contribution in [0.15, 0.2) is 42.5 Å². The maximum Gasteiger partial charge on any atom is 0.185 e. The molecule has 4 heteroatoms. The summed E-state index contributed by atoms with van der Waals surface area (Å²) < 4.78 is 11.5. The van der Waals surface area contributed by atoms with Crippen LogP contribution in [0.1, 0.15) is 35.3 Å². The van der Waals surface area contributed by atoms with Gasteiger partial charge in [-0.15, -0.1) is 0 Å². The van der Waals surface area contributed by atoms with Gasteiger partial charge in [-0.2, -0.15) is 0 Å². The number of phenols is 1. The maximum absolute atomic E-state index is 12.3. The molecule has 0 fully saturated rings. The zero-order chi connectivity index (χ0) is 17.1. The minimum absolute atomic E-state index is 0.0733. The van der Waals surface area contributed by atoms with Crippen LogP contribution in [-0.2, 0) is 6.42 Å². The molecule has 124 valence electrons. The first-order valence-corrected chi connectivity index (χ1v) is 8.04. The predicted octanol–water partition coefficient (Wildman–Crippen LogP) is 4.01. The molecule has 3 rings (SSSR count). The van der Waals surface area contributed by atoms with E-state index in [2.05, 4.69) is 0 Å². The second-order valence-electron chi connectivity index (χ2n) is 5.81. The van der Waals surface area contributed by atoms with E-state index in [1.54, 1.807) is 18.2 Å². The first-order valence-electron chi connectivity index (χ1n) is 8.04. The highest BCUT2D eigenvalue weighted by Gasteiger charge is 2.21. The highest BCUT2D eigenvalue weighted by Crippen LogP contribution is 2.35. The SMILES string of the molecule is CCOc1cc2c(cc1/C=C/C(=O)c1cccc(O)c1)O[C@@H](C)C2. The van der Waals surface area contributed by atoms with Crippen LogP contribution in [0, 0.1) is 0 Å². The monoisotopic (exact) mass is 324 g/mol. The largest absolute Gasteiger partial charge is 0.508 e. The van der Waals surface area contributed by atoms with Crippen LogP contribution >= 0.6 is 0 Å². The second-order valence-corrected chi connectivity index (χ2v) is 5.81. The van der Waals surface area contributed by atoms with Gasteiger partial charge in [-0.1, -0.05) is 12.1 Å². The number of rotatable bonds is 5. The van der Waals surface area contributed by atoms with E-state index >= 15 is 0 Å². The van der Waals surface area contributed by atoms with Crippen LogP contribution in [0.25, 0.3) is 6.08 Å².